The number of hydrogen-bond donors (Lipinski definition) is 1. The Morgan fingerprint density at radius 2 is 2.21 bits per heavy atom. The third-order valence-electron chi connectivity index (χ3n) is 2.89. The van der Waals surface area contributed by atoms with Gasteiger partial charge in [0.15, 0.2) is 0 Å². The van der Waals surface area contributed by atoms with Gasteiger partial charge in [-0.3, -0.25) is 0 Å². The summed E-state index contributed by atoms with van der Waals surface area (Å²) in [6.07, 6.45) is 1.28. The Hall–Kier alpha value is 0.560. The molecule has 1 aliphatic rings. The van der Waals surface area contributed by atoms with Crippen molar-refractivity contribution in [3.8, 4) is 0 Å². The molecule has 1 heterocycles. The second-order valence-corrected chi connectivity index (χ2v) is 5.63. The normalized spacial score (nSPS) is 27.6. The van der Waals surface area contributed by atoms with Gasteiger partial charge in [-0.25, -0.2) is 0 Å². The predicted octanol–water partition coefficient (Wildman–Crippen LogP) is 1.83. The van der Waals surface area contributed by atoms with Gasteiger partial charge >= 0.3 is 0 Å². The second-order valence-electron chi connectivity index (χ2n) is 4.24. The fraction of sp³-hybridized carbons (Fsp3) is 1.00. The van der Waals surface area contributed by atoms with Crippen molar-refractivity contribution in [2.45, 2.75) is 20.3 Å². The molecule has 0 saturated carbocycles. The van der Waals surface area contributed by atoms with Crippen LogP contribution in [0, 0.1) is 5.41 Å². The van der Waals surface area contributed by atoms with Crippen LogP contribution in [-0.2, 0) is 0 Å². The Bertz CT molecular complexity index is 157. The molecule has 2 N–H and O–H groups in total. The van der Waals surface area contributed by atoms with E-state index in [9.17, 15) is 0 Å². The summed E-state index contributed by atoms with van der Waals surface area (Å²) >= 11 is 2.03. The lowest BCUT2D eigenvalue weighted by molar-refractivity contribution is 0.293. The summed E-state index contributed by atoms with van der Waals surface area (Å²) < 4.78 is 0. The van der Waals surface area contributed by atoms with Crippen molar-refractivity contribution in [1.29, 1.82) is 0 Å². The Morgan fingerprint density at radius 3 is 2.71 bits per heavy atom. The van der Waals surface area contributed by atoms with Crippen molar-refractivity contribution in [3.05, 3.63) is 0 Å². The molecule has 1 atom stereocenters. The fourth-order valence-corrected chi connectivity index (χ4v) is 2.50. The number of rotatable bonds is 5. The molecule has 0 spiro atoms. The largest absolute Gasteiger partial charge is 0.330 e. The van der Waals surface area contributed by atoms with Crippen LogP contribution in [0.25, 0.3) is 0 Å². The lowest BCUT2D eigenvalue weighted by atomic mass is 9.90. The van der Waals surface area contributed by atoms with E-state index >= 15 is 0 Å². The zero-order chi connectivity index (χ0) is 9.73. The summed E-state index contributed by atoms with van der Waals surface area (Å²) in [5.41, 5.74) is 6.15. The van der Waals surface area contributed by atoms with E-state index in [4.69, 9.17) is 5.73 Å². The second kappa shape index (κ2) is 6.94. The topological polar surface area (TPSA) is 29.3 Å². The Labute approximate surface area is 98.4 Å². The first-order valence-corrected chi connectivity index (χ1v) is 6.36. The predicted molar refractivity (Wildman–Crippen MR) is 68.5 cm³/mol. The quantitative estimate of drug-likeness (QED) is 0.742. The van der Waals surface area contributed by atoms with Gasteiger partial charge in [-0.15, -0.1) is 12.4 Å². The maximum atomic E-state index is 5.75. The SMILES string of the molecule is CCSCCN1CCC(C)(CN)C1.Cl. The van der Waals surface area contributed by atoms with Crippen molar-refractivity contribution in [3.63, 3.8) is 0 Å². The van der Waals surface area contributed by atoms with Crippen LogP contribution in [0.5, 0.6) is 0 Å². The third kappa shape index (κ3) is 4.39. The molecule has 4 heteroatoms. The van der Waals surface area contributed by atoms with E-state index in [1.54, 1.807) is 0 Å². The van der Waals surface area contributed by atoms with Gasteiger partial charge in [0.2, 0.25) is 0 Å². The van der Waals surface area contributed by atoms with Crippen molar-refractivity contribution in [2.24, 2.45) is 11.1 Å². The van der Waals surface area contributed by atoms with E-state index in [2.05, 4.69) is 18.7 Å². The molecule has 1 saturated heterocycles. The van der Waals surface area contributed by atoms with E-state index in [0.717, 1.165) is 6.54 Å². The van der Waals surface area contributed by atoms with Gasteiger partial charge in [-0.2, -0.15) is 11.8 Å². The molecule has 1 unspecified atom stereocenters. The molecule has 1 rings (SSSR count). The summed E-state index contributed by atoms with van der Waals surface area (Å²) in [7, 11) is 0. The molecular formula is C10H23ClN2S. The molecule has 0 aliphatic carbocycles. The van der Waals surface area contributed by atoms with Crippen molar-refractivity contribution >= 4 is 24.2 Å². The molecule has 1 fully saturated rings. The van der Waals surface area contributed by atoms with Crippen molar-refractivity contribution in [2.75, 3.05) is 37.7 Å². The smallest absolute Gasteiger partial charge is 0.00726 e. The van der Waals surface area contributed by atoms with Gasteiger partial charge in [-0.1, -0.05) is 13.8 Å². The molecule has 0 radical (unpaired) electrons. The molecule has 2 nitrogen and oxygen atoms in total. The zero-order valence-electron chi connectivity index (χ0n) is 9.29. The highest BCUT2D eigenvalue weighted by Crippen LogP contribution is 2.28. The molecule has 0 amide bonds. The summed E-state index contributed by atoms with van der Waals surface area (Å²) in [5, 5.41) is 0. The minimum Gasteiger partial charge on any atom is -0.330 e. The molecule has 86 valence electrons. The van der Waals surface area contributed by atoms with E-state index in [1.165, 1.54) is 37.6 Å². The number of thioether (sulfide) groups is 1. The third-order valence-corrected chi connectivity index (χ3v) is 3.77. The number of halogens is 1. The van der Waals surface area contributed by atoms with Crippen LogP contribution in [0.4, 0.5) is 0 Å². The minimum atomic E-state index is 0. The minimum absolute atomic E-state index is 0. The monoisotopic (exact) mass is 238 g/mol. The zero-order valence-corrected chi connectivity index (χ0v) is 10.9. The van der Waals surface area contributed by atoms with Gasteiger partial charge in [0, 0.05) is 18.8 Å². The standard InChI is InChI=1S/C10H22N2S.ClH/c1-3-13-7-6-12-5-4-10(2,8-11)9-12;/h3-9,11H2,1-2H3;1H. The molecule has 0 aromatic heterocycles. The molecule has 0 aromatic carbocycles. The summed E-state index contributed by atoms with van der Waals surface area (Å²) in [6, 6.07) is 0. The van der Waals surface area contributed by atoms with E-state index in [-0.39, 0.29) is 12.4 Å². The van der Waals surface area contributed by atoms with Gasteiger partial charge in [0.25, 0.3) is 0 Å². The van der Waals surface area contributed by atoms with Crippen LogP contribution in [0.1, 0.15) is 20.3 Å². The van der Waals surface area contributed by atoms with E-state index in [0.29, 0.717) is 5.41 Å². The lowest BCUT2D eigenvalue weighted by Crippen LogP contribution is -2.32. The van der Waals surface area contributed by atoms with Crippen molar-refractivity contribution < 1.29 is 0 Å². The maximum Gasteiger partial charge on any atom is 0.00726 e. The maximum absolute atomic E-state index is 5.75. The fourth-order valence-electron chi connectivity index (χ4n) is 1.82. The summed E-state index contributed by atoms with van der Waals surface area (Å²) in [5.74, 6) is 2.51. The highest BCUT2D eigenvalue weighted by molar-refractivity contribution is 7.99. The molecule has 1 aliphatic heterocycles. The average Bonchev–Trinajstić information content (AvgIpc) is 2.50. The number of nitrogens with two attached hydrogens (primary N) is 1. The Morgan fingerprint density at radius 1 is 1.50 bits per heavy atom. The lowest BCUT2D eigenvalue weighted by Gasteiger charge is -2.22. The number of likely N-dealkylation sites (tertiary alicyclic amines) is 1. The van der Waals surface area contributed by atoms with E-state index in [1.807, 2.05) is 11.8 Å². The highest BCUT2D eigenvalue weighted by Gasteiger charge is 2.31. The average molecular weight is 239 g/mol. The van der Waals surface area contributed by atoms with Gasteiger partial charge in [0.1, 0.15) is 0 Å². The Balaban J connectivity index is 0.00000169. The first-order valence-electron chi connectivity index (χ1n) is 5.20. The van der Waals surface area contributed by atoms with Crippen LogP contribution in [0.3, 0.4) is 0 Å². The first kappa shape index (κ1) is 14.6. The molecule has 14 heavy (non-hydrogen) atoms. The van der Waals surface area contributed by atoms with E-state index < -0.39 is 0 Å². The van der Waals surface area contributed by atoms with Gasteiger partial charge < -0.3 is 10.6 Å². The van der Waals surface area contributed by atoms with Crippen LogP contribution >= 0.6 is 24.2 Å². The highest BCUT2D eigenvalue weighted by atomic mass is 35.5. The first-order chi connectivity index (χ1) is 6.20. The van der Waals surface area contributed by atoms with Crippen LogP contribution in [0.15, 0.2) is 0 Å². The van der Waals surface area contributed by atoms with Crippen molar-refractivity contribution in [1.82, 2.24) is 4.90 Å². The Kier molecular flexibility index (Phi) is 7.21. The van der Waals surface area contributed by atoms with Crippen LogP contribution in [0.2, 0.25) is 0 Å². The van der Waals surface area contributed by atoms with Gasteiger partial charge in [-0.05, 0) is 30.7 Å². The van der Waals surface area contributed by atoms with Crippen LogP contribution in [-0.4, -0.2) is 42.6 Å². The molecular weight excluding hydrogens is 216 g/mol. The van der Waals surface area contributed by atoms with Crippen LogP contribution < -0.4 is 5.73 Å². The summed E-state index contributed by atoms with van der Waals surface area (Å²) in [4.78, 5) is 2.55. The number of nitrogens with zero attached hydrogens (tertiary/aromatic N) is 1. The summed E-state index contributed by atoms with van der Waals surface area (Å²) in [6.45, 7) is 9.06. The number of hydrogen-bond acceptors (Lipinski definition) is 3. The molecule has 0 aromatic rings. The molecule has 0 bridgehead atoms. The van der Waals surface area contributed by atoms with Gasteiger partial charge in [0.05, 0.1) is 0 Å².